The van der Waals surface area contributed by atoms with E-state index in [4.69, 9.17) is 9.47 Å². The van der Waals surface area contributed by atoms with Gasteiger partial charge in [0, 0.05) is 24.7 Å². The molecule has 0 fully saturated rings. The summed E-state index contributed by atoms with van der Waals surface area (Å²) in [5.74, 6) is 0.725. The van der Waals surface area contributed by atoms with Crippen LogP contribution in [-0.4, -0.2) is 28.9 Å². The summed E-state index contributed by atoms with van der Waals surface area (Å²) in [4.78, 5) is 19.9. The zero-order valence-corrected chi connectivity index (χ0v) is 19.1. The van der Waals surface area contributed by atoms with Gasteiger partial charge in [-0.25, -0.2) is 4.98 Å². The van der Waals surface area contributed by atoms with Gasteiger partial charge in [-0.3, -0.25) is 0 Å². The second-order valence-electron chi connectivity index (χ2n) is 7.64. The molecule has 0 spiro atoms. The van der Waals surface area contributed by atoms with Crippen molar-refractivity contribution >= 4 is 5.78 Å². The first-order chi connectivity index (χ1) is 15.6. The van der Waals surface area contributed by atoms with Gasteiger partial charge in [-0.15, -0.1) is 0 Å². The molecular formula is C26H31N3O3. The van der Waals surface area contributed by atoms with Crippen LogP contribution in [-0.2, 0) is 17.9 Å². The molecule has 0 radical (unpaired) electrons. The van der Waals surface area contributed by atoms with Crippen molar-refractivity contribution in [2.75, 3.05) is 13.2 Å². The number of rotatable bonds is 12. The molecule has 32 heavy (non-hydrogen) atoms. The molecule has 3 rings (SSSR count). The van der Waals surface area contributed by atoms with E-state index in [9.17, 15) is 4.79 Å². The lowest BCUT2D eigenvalue weighted by Crippen LogP contribution is -2.17. The number of benzene rings is 2. The van der Waals surface area contributed by atoms with Gasteiger partial charge in [-0.05, 0) is 56.0 Å². The summed E-state index contributed by atoms with van der Waals surface area (Å²) in [5.41, 5.74) is 5.50. The molecule has 6 heteroatoms. The molecule has 0 aliphatic heterocycles. The number of Topliss-reactive ketones (excluding diaryl/α,β-unsaturated/α-hetero) is 1. The second-order valence-corrected chi connectivity index (χ2v) is 7.64. The lowest BCUT2D eigenvalue weighted by Gasteiger charge is -2.14. The van der Waals surface area contributed by atoms with Crippen LogP contribution in [0.25, 0.3) is 11.1 Å². The van der Waals surface area contributed by atoms with Crippen molar-refractivity contribution < 1.29 is 14.3 Å². The molecule has 1 heterocycles. The third-order valence-electron chi connectivity index (χ3n) is 5.17. The van der Waals surface area contributed by atoms with Gasteiger partial charge in [-0.2, -0.15) is 4.98 Å². The van der Waals surface area contributed by atoms with Crippen molar-refractivity contribution in [2.24, 2.45) is 0 Å². The number of nitrogens with zero attached hydrogens (tertiary/aromatic N) is 2. The Morgan fingerprint density at radius 3 is 2.59 bits per heavy atom. The molecule has 1 N–H and O–H groups in total. The van der Waals surface area contributed by atoms with Gasteiger partial charge in [0.15, 0.2) is 0 Å². The summed E-state index contributed by atoms with van der Waals surface area (Å²) < 4.78 is 11.6. The van der Waals surface area contributed by atoms with Crippen LogP contribution in [0, 0.1) is 6.92 Å². The van der Waals surface area contributed by atoms with E-state index in [0.717, 1.165) is 24.1 Å². The summed E-state index contributed by atoms with van der Waals surface area (Å²) >= 11 is 0. The van der Waals surface area contributed by atoms with Crippen molar-refractivity contribution in [3.05, 3.63) is 71.4 Å². The molecule has 3 aromatic rings. The van der Waals surface area contributed by atoms with Crippen molar-refractivity contribution in [2.45, 2.75) is 46.8 Å². The molecule has 1 aromatic heterocycles. The summed E-state index contributed by atoms with van der Waals surface area (Å²) in [7, 11) is 0. The first-order valence-electron chi connectivity index (χ1n) is 11.0. The second kappa shape index (κ2) is 12.0. The summed E-state index contributed by atoms with van der Waals surface area (Å²) in [6, 6.07) is 16.8. The first kappa shape index (κ1) is 23.4. The van der Waals surface area contributed by atoms with Crippen LogP contribution in [0.3, 0.4) is 0 Å². The maximum absolute atomic E-state index is 11.0. The van der Waals surface area contributed by atoms with Crippen LogP contribution in [0.1, 0.15) is 43.4 Å². The van der Waals surface area contributed by atoms with E-state index in [0.29, 0.717) is 38.1 Å². The minimum absolute atomic E-state index is 0.205. The van der Waals surface area contributed by atoms with Crippen LogP contribution >= 0.6 is 0 Å². The summed E-state index contributed by atoms with van der Waals surface area (Å²) in [6.07, 6.45) is 3.13. The van der Waals surface area contributed by atoms with Crippen molar-refractivity contribution in [1.29, 1.82) is 0 Å². The number of carbonyl (C=O) groups is 1. The zero-order chi connectivity index (χ0) is 22.8. The van der Waals surface area contributed by atoms with Crippen LogP contribution in [0.15, 0.2) is 54.7 Å². The number of hydrogen-bond donors (Lipinski definition) is 1. The minimum Gasteiger partial charge on any atom is -0.478 e. The first-order valence-corrected chi connectivity index (χ1v) is 11.0. The Morgan fingerprint density at radius 2 is 1.84 bits per heavy atom. The monoisotopic (exact) mass is 433 g/mol. The quantitative estimate of drug-likeness (QED) is 0.410. The van der Waals surface area contributed by atoms with E-state index in [1.54, 1.807) is 13.1 Å². The molecule has 0 aliphatic rings. The van der Waals surface area contributed by atoms with E-state index >= 15 is 0 Å². The highest BCUT2D eigenvalue weighted by atomic mass is 16.5. The maximum atomic E-state index is 11.0. The van der Waals surface area contributed by atoms with Gasteiger partial charge in [0.1, 0.15) is 12.4 Å². The minimum atomic E-state index is 0.205. The van der Waals surface area contributed by atoms with Crippen LogP contribution in [0.5, 0.6) is 11.9 Å². The normalized spacial score (nSPS) is 10.7. The van der Waals surface area contributed by atoms with Gasteiger partial charge in [-0.1, -0.05) is 48.5 Å². The molecule has 0 unspecified atom stereocenters. The third-order valence-corrected chi connectivity index (χ3v) is 5.17. The molecule has 0 atom stereocenters. The largest absolute Gasteiger partial charge is 0.478 e. The van der Waals surface area contributed by atoms with Crippen molar-refractivity contribution in [1.82, 2.24) is 15.3 Å². The molecule has 2 aromatic carbocycles. The Labute approximate surface area is 190 Å². The lowest BCUT2D eigenvalue weighted by molar-refractivity contribution is -0.117. The highest BCUT2D eigenvalue weighted by Gasteiger charge is 2.11. The van der Waals surface area contributed by atoms with Crippen LogP contribution in [0.2, 0.25) is 0 Å². The Bertz CT molecular complexity index is 1020. The molecule has 0 saturated heterocycles. The Balaban J connectivity index is 1.65. The molecule has 0 bridgehead atoms. The fraction of sp³-hybridized carbons (Fsp3) is 0.346. The van der Waals surface area contributed by atoms with Crippen molar-refractivity contribution in [3.8, 4) is 23.0 Å². The average molecular weight is 434 g/mol. The number of nitrogens with one attached hydrogen (secondary N) is 1. The van der Waals surface area contributed by atoms with Crippen LogP contribution < -0.4 is 14.8 Å². The predicted octanol–water partition coefficient (Wildman–Crippen LogP) is 4.89. The van der Waals surface area contributed by atoms with E-state index in [1.165, 1.54) is 16.7 Å². The Morgan fingerprint density at radius 1 is 1.03 bits per heavy atom. The lowest BCUT2D eigenvalue weighted by atomic mass is 9.97. The number of ketones is 1. The highest BCUT2D eigenvalue weighted by Crippen LogP contribution is 2.26. The molecule has 0 saturated carbocycles. The van der Waals surface area contributed by atoms with E-state index in [2.05, 4.69) is 46.5 Å². The van der Waals surface area contributed by atoms with Gasteiger partial charge >= 0.3 is 6.01 Å². The number of hydrogen-bond acceptors (Lipinski definition) is 6. The van der Waals surface area contributed by atoms with Crippen molar-refractivity contribution in [3.63, 3.8) is 0 Å². The van der Waals surface area contributed by atoms with Gasteiger partial charge in [0.25, 0.3) is 0 Å². The van der Waals surface area contributed by atoms with Gasteiger partial charge in [0.2, 0.25) is 5.88 Å². The third kappa shape index (κ3) is 6.62. The maximum Gasteiger partial charge on any atom is 0.320 e. The molecule has 0 amide bonds. The Hall–Kier alpha value is -3.25. The fourth-order valence-corrected chi connectivity index (χ4v) is 3.43. The molecule has 0 aliphatic carbocycles. The standard InChI is InChI=1S/C26H31N3O3/c1-4-31-25-23(16-27-15-9-10-19(2)30)17-28-26(29-25)32-18-22-13-8-14-24(20(22)3)21-11-6-5-7-12-21/h5-8,11-14,17,27H,4,9-10,15-16,18H2,1-3H3. The SMILES string of the molecule is CCOc1nc(OCc2cccc(-c3ccccc3)c2C)ncc1CNCCCC(C)=O. The van der Waals surface area contributed by atoms with Gasteiger partial charge in [0.05, 0.1) is 6.61 Å². The summed E-state index contributed by atoms with van der Waals surface area (Å²) in [6.45, 7) is 7.84. The average Bonchev–Trinajstić information content (AvgIpc) is 2.80. The fourth-order valence-electron chi connectivity index (χ4n) is 3.43. The molecule has 168 valence electrons. The van der Waals surface area contributed by atoms with E-state index in [1.807, 2.05) is 31.2 Å². The topological polar surface area (TPSA) is 73.3 Å². The predicted molar refractivity (Wildman–Crippen MR) is 126 cm³/mol. The number of aromatic nitrogens is 2. The molecule has 6 nitrogen and oxygen atoms in total. The highest BCUT2D eigenvalue weighted by molar-refractivity contribution is 5.75. The van der Waals surface area contributed by atoms with E-state index < -0.39 is 0 Å². The zero-order valence-electron chi connectivity index (χ0n) is 19.1. The smallest absolute Gasteiger partial charge is 0.320 e. The Kier molecular flexibility index (Phi) is 8.75. The van der Waals surface area contributed by atoms with E-state index in [-0.39, 0.29) is 5.78 Å². The van der Waals surface area contributed by atoms with Gasteiger partial charge < -0.3 is 19.6 Å². The molecular weight excluding hydrogens is 402 g/mol. The number of carbonyl (C=O) groups excluding carboxylic acids is 1. The number of ether oxygens (including phenoxy) is 2. The summed E-state index contributed by atoms with van der Waals surface area (Å²) in [5, 5.41) is 3.31. The van der Waals surface area contributed by atoms with Crippen LogP contribution in [0.4, 0.5) is 0 Å².